The second kappa shape index (κ2) is 6.16. The van der Waals surface area contributed by atoms with E-state index in [1.54, 1.807) is 12.1 Å². The number of benzene rings is 1. The van der Waals surface area contributed by atoms with Crippen LogP contribution in [-0.2, 0) is 0 Å². The van der Waals surface area contributed by atoms with Crippen LogP contribution in [0.25, 0.3) is 0 Å². The topological polar surface area (TPSA) is 73.4 Å². The van der Waals surface area contributed by atoms with Crippen molar-refractivity contribution in [3.8, 4) is 6.07 Å². The Hall–Kier alpha value is -2.67. The van der Waals surface area contributed by atoms with Crippen LogP contribution < -0.4 is 0 Å². The van der Waals surface area contributed by atoms with Gasteiger partial charge in [-0.05, 0) is 34.5 Å². The fourth-order valence-corrected chi connectivity index (χ4v) is 1.40. The zero-order chi connectivity index (χ0) is 13.5. The Morgan fingerprint density at radius 2 is 1.94 bits per heavy atom. The first kappa shape index (κ1) is 13.4. The average molecular weight is 240 g/mol. The number of rotatable bonds is 5. The van der Waals surface area contributed by atoms with Gasteiger partial charge in [-0.3, -0.25) is 0 Å². The van der Waals surface area contributed by atoms with Crippen LogP contribution in [0.3, 0.4) is 0 Å². The molecular formula is C14H12N2O2. The van der Waals surface area contributed by atoms with Gasteiger partial charge < -0.3 is 5.11 Å². The lowest BCUT2D eigenvalue weighted by atomic mass is 9.93. The summed E-state index contributed by atoms with van der Waals surface area (Å²) in [6, 6.07) is 8.48. The number of aliphatic hydroxyl groups is 1. The molecule has 1 aromatic rings. The van der Waals surface area contributed by atoms with E-state index in [1.165, 1.54) is 24.3 Å². The van der Waals surface area contributed by atoms with Crippen LogP contribution in [0.15, 0.2) is 66.1 Å². The molecule has 0 aliphatic rings. The molecule has 1 rings (SSSR count). The fourth-order valence-electron chi connectivity index (χ4n) is 1.40. The standard InChI is InChI=1S/C14H12N2O2/c1-10(3-4-11(2)17)14(9-15)12-5-7-13(16-18)8-6-12/h3-8,14,17H,1-2H2/b4-3-. The van der Waals surface area contributed by atoms with Gasteiger partial charge in [0.25, 0.3) is 0 Å². The van der Waals surface area contributed by atoms with Crippen molar-refractivity contribution in [2.45, 2.75) is 5.92 Å². The maximum absolute atomic E-state index is 10.3. The molecule has 1 unspecified atom stereocenters. The number of hydrogen-bond acceptors (Lipinski definition) is 4. The van der Waals surface area contributed by atoms with E-state index < -0.39 is 5.92 Å². The second-order valence-corrected chi connectivity index (χ2v) is 3.64. The molecule has 0 aliphatic carbocycles. The Labute approximate surface area is 105 Å². The lowest BCUT2D eigenvalue weighted by Gasteiger charge is -2.09. The van der Waals surface area contributed by atoms with Gasteiger partial charge >= 0.3 is 0 Å². The molecule has 0 radical (unpaired) electrons. The third kappa shape index (κ3) is 3.42. The van der Waals surface area contributed by atoms with Gasteiger partial charge in [-0.15, -0.1) is 4.91 Å². The van der Waals surface area contributed by atoms with Crippen LogP contribution in [0.2, 0.25) is 0 Å². The average Bonchev–Trinajstić information content (AvgIpc) is 2.38. The highest BCUT2D eigenvalue weighted by Crippen LogP contribution is 2.25. The molecule has 0 saturated carbocycles. The molecule has 0 aliphatic heterocycles. The Bertz CT molecular complexity index is 536. The van der Waals surface area contributed by atoms with Gasteiger partial charge in [0, 0.05) is 0 Å². The van der Waals surface area contributed by atoms with Gasteiger partial charge in [0.1, 0.15) is 11.4 Å². The van der Waals surface area contributed by atoms with Crippen LogP contribution in [0.5, 0.6) is 0 Å². The number of aliphatic hydroxyl groups excluding tert-OH is 1. The van der Waals surface area contributed by atoms with E-state index >= 15 is 0 Å². The van der Waals surface area contributed by atoms with E-state index in [1.807, 2.05) is 0 Å². The normalized spacial score (nSPS) is 11.7. The van der Waals surface area contributed by atoms with E-state index in [2.05, 4.69) is 24.4 Å². The highest BCUT2D eigenvalue weighted by atomic mass is 16.3. The minimum Gasteiger partial charge on any atom is -0.509 e. The molecule has 0 aromatic heterocycles. The summed E-state index contributed by atoms with van der Waals surface area (Å²) in [7, 11) is 0. The van der Waals surface area contributed by atoms with Crippen molar-refractivity contribution in [3.05, 3.63) is 71.4 Å². The van der Waals surface area contributed by atoms with Crippen molar-refractivity contribution in [3.63, 3.8) is 0 Å². The number of nitrogens with zero attached hydrogens (tertiary/aromatic N) is 2. The first-order valence-corrected chi connectivity index (χ1v) is 5.16. The second-order valence-electron chi connectivity index (χ2n) is 3.64. The van der Waals surface area contributed by atoms with Gasteiger partial charge in [-0.2, -0.15) is 5.26 Å². The number of nitroso groups, excluding NO2 is 1. The molecule has 18 heavy (non-hydrogen) atoms. The molecule has 1 aromatic carbocycles. The lowest BCUT2D eigenvalue weighted by Crippen LogP contribution is -1.97. The first-order chi connectivity index (χ1) is 8.58. The van der Waals surface area contributed by atoms with Gasteiger partial charge in [-0.1, -0.05) is 31.4 Å². The molecule has 0 bridgehead atoms. The quantitative estimate of drug-likeness (QED) is 0.482. The summed E-state index contributed by atoms with van der Waals surface area (Å²) in [5.74, 6) is -0.644. The monoisotopic (exact) mass is 240 g/mol. The highest BCUT2D eigenvalue weighted by Gasteiger charge is 2.12. The van der Waals surface area contributed by atoms with Crippen molar-refractivity contribution < 1.29 is 5.11 Å². The smallest absolute Gasteiger partial charge is 0.108 e. The number of hydrogen-bond donors (Lipinski definition) is 1. The molecule has 0 heterocycles. The predicted octanol–water partition coefficient (Wildman–Crippen LogP) is 3.88. The minimum atomic E-state index is -0.540. The van der Waals surface area contributed by atoms with Gasteiger partial charge in [-0.25, -0.2) is 0 Å². The van der Waals surface area contributed by atoms with Crippen LogP contribution >= 0.6 is 0 Å². The van der Waals surface area contributed by atoms with E-state index in [4.69, 9.17) is 10.4 Å². The number of nitriles is 1. The summed E-state index contributed by atoms with van der Waals surface area (Å²) in [6.45, 7) is 7.08. The first-order valence-electron chi connectivity index (χ1n) is 5.16. The Balaban J connectivity index is 2.95. The molecule has 1 atom stereocenters. The highest BCUT2D eigenvalue weighted by molar-refractivity contribution is 5.45. The largest absolute Gasteiger partial charge is 0.509 e. The van der Waals surface area contributed by atoms with Crippen molar-refractivity contribution in [2.75, 3.05) is 0 Å². The summed E-state index contributed by atoms with van der Waals surface area (Å²) >= 11 is 0. The van der Waals surface area contributed by atoms with Gasteiger partial charge in [0.05, 0.1) is 12.0 Å². The third-order valence-corrected chi connectivity index (χ3v) is 2.32. The summed E-state index contributed by atoms with van der Waals surface area (Å²) in [6.07, 6.45) is 2.90. The van der Waals surface area contributed by atoms with Crippen LogP contribution in [0.1, 0.15) is 11.5 Å². The van der Waals surface area contributed by atoms with Crippen molar-refractivity contribution in [1.82, 2.24) is 0 Å². The lowest BCUT2D eigenvalue weighted by molar-refractivity contribution is 0.435. The molecule has 0 amide bonds. The van der Waals surface area contributed by atoms with Crippen molar-refractivity contribution in [1.29, 1.82) is 5.26 Å². The third-order valence-electron chi connectivity index (χ3n) is 2.32. The van der Waals surface area contributed by atoms with E-state index in [0.29, 0.717) is 16.8 Å². The van der Waals surface area contributed by atoms with E-state index in [0.717, 1.165) is 0 Å². The Kier molecular flexibility index (Phi) is 4.58. The maximum Gasteiger partial charge on any atom is 0.108 e. The summed E-state index contributed by atoms with van der Waals surface area (Å²) < 4.78 is 0. The zero-order valence-corrected chi connectivity index (χ0v) is 9.71. The molecular weight excluding hydrogens is 228 g/mol. The molecule has 4 heteroatoms. The molecule has 0 saturated heterocycles. The van der Waals surface area contributed by atoms with Gasteiger partial charge in [0.15, 0.2) is 0 Å². The molecule has 90 valence electrons. The van der Waals surface area contributed by atoms with E-state index in [-0.39, 0.29) is 5.76 Å². The molecule has 4 nitrogen and oxygen atoms in total. The fraction of sp³-hybridized carbons (Fsp3) is 0.0714. The van der Waals surface area contributed by atoms with Crippen molar-refractivity contribution >= 4 is 5.69 Å². The van der Waals surface area contributed by atoms with Crippen LogP contribution in [0.4, 0.5) is 5.69 Å². The summed E-state index contributed by atoms with van der Waals surface area (Å²) in [5, 5.41) is 20.9. The molecule has 1 N–H and O–H groups in total. The minimum absolute atomic E-state index is 0.103. The van der Waals surface area contributed by atoms with E-state index in [9.17, 15) is 4.91 Å². The maximum atomic E-state index is 10.3. The molecule has 0 fully saturated rings. The van der Waals surface area contributed by atoms with Crippen LogP contribution in [-0.4, -0.2) is 5.11 Å². The summed E-state index contributed by atoms with van der Waals surface area (Å²) in [4.78, 5) is 10.3. The number of allylic oxidation sites excluding steroid dienone is 3. The zero-order valence-electron chi connectivity index (χ0n) is 9.71. The van der Waals surface area contributed by atoms with Crippen LogP contribution in [0, 0.1) is 16.2 Å². The Morgan fingerprint density at radius 3 is 2.39 bits per heavy atom. The Morgan fingerprint density at radius 1 is 1.33 bits per heavy atom. The SMILES string of the molecule is C=C(O)/C=C\C(=C)C(C#N)c1ccc(N=O)cc1. The summed E-state index contributed by atoms with van der Waals surface area (Å²) in [5.41, 5.74) is 1.54. The van der Waals surface area contributed by atoms with Crippen molar-refractivity contribution in [2.24, 2.45) is 5.18 Å². The molecule has 0 spiro atoms. The predicted molar refractivity (Wildman–Crippen MR) is 70.3 cm³/mol. The van der Waals surface area contributed by atoms with Gasteiger partial charge in [0.2, 0.25) is 0 Å².